The van der Waals surface area contributed by atoms with Crippen LogP contribution in [0.3, 0.4) is 0 Å². The summed E-state index contributed by atoms with van der Waals surface area (Å²) in [5.74, 6) is 0. The molecule has 0 aromatic heterocycles. The van der Waals surface area contributed by atoms with Crippen LogP contribution in [0.5, 0.6) is 0 Å². The van der Waals surface area contributed by atoms with Crippen LogP contribution >= 0.6 is 0 Å². The van der Waals surface area contributed by atoms with Gasteiger partial charge in [-0.1, -0.05) is 12.2 Å². The molecule has 0 aromatic carbocycles. The Morgan fingerprint density at radius 2 is 2.35 bits per heavy atom. The highest BCUT2D eigenvalue weighted by molar-refractivity contribution is 5.75. The molecule has 2 aliphatic rings. The zero-order valence-corrected chi connectivity index (χ0v) is 9.12. The first-order valence-electron chi connectivity index (χ1n) is 5.43. The minimum atomic E-state index is -1.72. The summed E-state index contributed by atoms with van der Waals surface area (Å²) >= 11 is 0. The topological polar surface area (TPSA) is 82.0 Å². The Bertz CT molecular complexity index is 325. The Balaban J connectivity index is 2.11. The number of nitrogens with one attached hydrogen (secondary N) is 1. The molecule has 2 amide bonds. The van der Waals surface area contributed by atoms with Gasteiger partial charge in [0.1, 0.15) is 12.2 Å². The van der Waals surface area contributed by atoms with Crippen molar-refractivity contribution in [3.05, 3.63) is 12.2 Å². The van der Waals surface area contributed by atoms with Crippen LogP contribution in [-0.4, -0.2) is 65.4 Å². The number of hydrogen-bond acceptors (Lipinski definition) is 4. The smallest absolute Gasteiger partial charge is 0.320 e. The van der Waals surface area contributed by atoms with Gasteiger partial charge in [0, 0.05) is 13.1 Å². The fraction of sp³-hybridized carbons (Fsp3) is 0.700. The molecule has 2 heterocycles. The number of carbonyl (C=O) groups excluding carboxylic acids is 1. The molecule has 2 aliphatic heterocycles. The van der Waals surface area contributed by atoms with Crippen LogP contribution in [0, 0.1) is 0 Å². The van der Waals surface area contributed by atoms with Gasteiger partial charge in [-0.05, 0) is 0 Å². The highest BCUT2D eigenvalue weighted by atomic mass is 19.1. The van der Waals surface area contributed by atoms with Crippen molar-refractivity contribution in [2.24, 2.45) is 0 Å². The number of amides is 2. The van der Waals surface area contributed by atoms with Crippen LogP contribution in [0.25, 0.3) is 0 Å². The van der Waals surface area contributed by atoms with Crippen LogP contribution in [0.4, 0.5) is 9.18 Å². The van der Waals surface area contributed by atoms with Crippen molar-refractivity contribution in [2.45, 2.75) is 24.6 Å². The number of halogens is 1. The predicted molar refractivity (Wildman–Crippen MR) is 55.9 cm³/mol. The minimum absolute atomic E-state index is 0.210. The Morgan fingerprint density at radius 3 is 3.00 bits per heavy atom. The van der Waals surface area contributed by atoms with Crippen molar-refractivity contribution in [1.82, 2.24) is 10.2 Å². The molecule has 0 aromatic rings. The van der Waals surface area contributed by atoms with E-state index in [0.29, 0.717) is 6.54 Å². The van der Waals surface area contributed by atoms with E-state index in [9.17, 15) is 14.3 Å². The van der Waals surface area contributed by atoms with Crippen molar-refractivity contribution >= 4 is 6.03 Å². The number of urea groups is 1. The highest BCUT2D eigenvalue weighted by Crippen LogP contribution is 2.26. The van der Waals surface area contributed by atoms with Crippen molar-refractivity contribution in [3.63, 3.8) is 0 Å². The second kappa shape index (κ2) is 4.99. The summed E-state index contributed by atoms with van der Waals surface area (Å²) in [4.78, 5) is 12.8. The lowest BCUT2D eigenvalue weighted by Gasteiger charge is -2.27. The van der Waals surface area contributed by atoms with Gasteiger partial charge in [-0.15, -0.1) is 0 Å². The SMILES string of the molecule is O=C1NCC=CCN1C1OC(CO)C(O)C1F. The van der Waals surface area contributed by atoms with Crippen LogP contribution in [0.2, 0.25) is 0 Å². The van der Waals surface area contributed by atoms with Crippen molar-refractivity contribution in [2.75, 3.05) is 19.7 Å². The molecule has 0 bridgehead atoms. The molecule has 0 aliphatic carbocycles. The number of nitrogens with zero attached hydrogens (tertiary/aromatic N) is 1. The molecule has 96 valence electrons. The van der Waals surface area contributed by atoms with Gasteiger partial charge in [0.05, 0.1) is 6.61 Å². The summed E-state index contributed by atoms with van der Waals surface area (Å²) in [6.45, 7) is 0.107. The molecule has 2 rings (SSSR count). The molecule has 6 nitrogen and oxygen atoms in total. The Labute approximate surface area is 97.7 Å². The molecule has 4 atom stereocenters. The largest absolute Gasteiger partial charge is 0.394 e. The minimum Gasteiger partial charge on any atom is -0.394 e. The highest BCUT2D eigenvalue weighted by Gasteiger charge is 2.47. The molecule has 0 saturated carbocycles. The van der Waals surface area contributed by atoms with Crippen LogP contribution in [-0.2, 0) is 4.74 Å². The standard InChI is InChI=1S/C10H15FN2O4/c11-7-8(15)6(5-14)17-9(7)13-4-2-1-3-12-10(13)16/h1-2,6-9,14-15H,3-5H2,(H,12,16). The molecule has 4 unspecified atom stereocenters. The monoisotopic (exact) mass is 246 g/mol. The third kappa shape index (κ3) is 2.26. The van der Waals surface area contributed by atoms with E-state index in [4.69, 9.17) is 9.84 Å². The van der Waals surface area contributed by atoms with Gasteiger partial charge < -0.3 is 20.3 Å². The first-order chi connectivity index (χ1) is 8.15. The molecule has 0 spiro atoms. The van der Waals surface area contributed by atoms with Gasteiger partial charge in [0.15, 0.2) is 12.4 Å². The summed E-state index contributed by atoms with van der Waals surface area (Å²) < 4.78 is 18.9. The molecule has 1 fully saturated rings. The van der Waals surface area contributed by atoms with E-state index in [1.807, 2.05) is 0 Å². The third-order valence-corrected chi connectivity index (χ3v) is 2.88. The van der Waals surface area contributed by atoms with E-state index < -0.39 is 37.2 Å². The average molecular weight is 246 g/mol. The maximum Gasteiger partial charge on any atom is 0.320 e. The van der Waals surface area contributed by atoms with Gasteiger partial charge in [0.2, 0.25) is 0 Å². The van der Waals surface area contributed by atoms with E-state index in [0.717, 1.165) is 4.90 Å². The normalized spacial score (nSPS) is 38.1. The van der Waals surface area contributed by atoms with E-state index >= 15 is 0 Å². The first-order valence-corrected chi connectivity index (χ1v) is 5.43. The number of rotatable bonds is 2. The number of carbonyl (C=O) groups is 1. The number of hydrogen-bond donors (Lipinski definition) is 3. The molecule has 1 saturated heterocycles. The lowest BCUT2D eigenvalue weighted by Crippen LogP contribution is -2.49. The lowest BCUT2D eigenvalue weighted by atomic mass is 10.1. The molecule has 0 radical (unpaired) electrons. The second-order valence-corrected chi connectivity index (χ2v) is 3.99. The summed E-state index contributed by atoms with van der Waals surface area (Å²) in [7, 11) is 0. The number of alkyl halides is 1. The molecular weight excluding hydrogens is 231 g/mol. The van der Waals surface area contributed by atoms with E-state index in [1.165, 1.54) is 0 Å². The van der Waals surface area contributed by atoms with Crippen LogP contribution in [0.1, 0.15) is 0 Å². The first kappa shape index (κ1) is 12.3. The van der Waals surface area contributed by atoms with Gasteiger partial charge in [0.25, 0.3) is 0 Å². The molecular formula is C10H15FN2O4. The fourth-order valence-corrected chi connectivity index (χ4v) is 1.93. The summed E-state index contributed by atoms with van der Waals surface area (Å²) in [6, 6.07) is -0.451. The number of aliphatic hydroxyl groups is 2. The number of ether oxygens (including phenoxy) is 1. The maximum absolute atomic E-state index is 13.8. The van der Waals surface area contributed by atoms with Gasteiger partial charge in [-0.2, -0.15) is 0 Å². The van der Waals surface area contributed by atoms with E-state index in [2.05, 4.69) is 5.32 Å². The molecule has 3 N–H and O–H groups in total. The van der Waals surface area contributed by atoms with Gasteiger partial charge in [-0.25, -0.2) is 9.18 Å². The Morgan fingerprint density at radius 1 is 1.59 bits per heavy atom. The van der Waals surface area contributed by atoms with E-state index in [1.54, 1.807) is 12.2 Å². The van der Waals surface area contributed by atoms with Gasteiger partial charge in [-0.3, -0.25) is 4.90 Å². The molecule has 17 heavy (non-hydrogen) atoms. The van der Waals surface area contributed by atoms with E-state index in [-0.39, 0.29) is 6.54 Å². The van der Waals surface area contributed by atoms with Crippen molar-refractivity contribution < 1.29 is 24.1 Å². The second-order valence-electron chi connectivity index (χ2n) is 3.99. The summed E-state index contributed by atoms with van der Waals surface area (Å²) in [5.41, 5.74) is 0. The fourth-order valence-electron chi connectivity index (χ4n) is 1.93. The van der Waals surface area contributed by atoms with Crippen LogP contribution < -0.4 is 5.32 Å². The predicted octanol–water partition coefficient (Wildman–Crippen LogP) is -1.02. The van der Waals surface area contributed by atoms with Gasteiger partial charge >= 0.3 is 6.03 Å². The zero-order valence-electron chi connectivity index (χ0n) is 9.12. The average Bonchev–Trinajstić information content (AvgIpc) is 2.51. The summed E-state index contributed by atoms with van der Waals surface area (Å²) in [6.07, 6.45) is -1.82. The van der Waals surface area contributed by atoms with Crippen LogP contribution in [0.15, 0.2) is 12.2 Å². The van der Waals surface area contributed by atoms with Crippen molar-refractivity contribution in [3.8, 4) is 0 Å². The Kier molecular flexibility index (Phi) is 3.60. The Hall–Kier alpha value is -1.18. The lowest BCUT2D eigenvalue weighted by molar-refractivity contribution is -0.0672. The maximum atomic E-state index is 13.8. The zero-order chi connectivity index (χ0) is 12.4. The van der Waals surface area contributed by atoms with Crippen molar-refractivity contribution in [1.29, 1.82) is 0 Å². The number of aliphatic hydroxyl groups excluding tert-OH is 2. The quantitative estimate of drug-likeness (QED) is 0.545. The summed E-state index contributed by atoms with van der Waals surface area (Å²) in [5, 5.41) is 20.9. The third-order valence-electron chi connectivity index (χ3n) is 2.88. The molecule has 7 heteroatoms.